The van der Waals surface area contributed by atoms with Gasteiger partial charge in [0.1, 0.15) is 0 Å². The molecule has 3 saturated carbocycles. The molecule has 6 rings (SSSR count). The normalized spacial score (nSPS) is 24.2. The van der Waals surface area contributed by atoms with E-state index >= 15 is 0 Å². The average molecular weight is 636 g/mol. The molecule has 3 aromatic rings. The van der Waals surface area contributed by atoms with Crippen molar-refractivity contribution in [3.63, 3.8) is 0 Å². The summed E-state index contributed by atoms with van der Waals surface area (Å²) in [6.07, 6.45) is 11.2. The van der Waals surface area contributed by atoms with Crippen molar-refractivity contribution in [3.8, 4) is 10.4 Å². The topological polar surface area (TPSA) is 99.6 Å². The lowest BCUT2D eigenvalue weighted by molar-refractivity contribution is -0.124. The van der Waals surface area contributed by atoms with Gasteiger partial charge >= 0.3 is 0 Å². The number of carbonyl (C=O) groups excluding carboxylic acids is 1. The largest absolute Gasteiger partial charge is 0.393 e. The van der Waals surface area contributed by atoms with E-state index in [4.69, 9.17) is 0 Å². The first-order chi connectivity index (χ1) is 21.2. The molecule has 1 amide bonds. The number of benzene rings is 2. The Morgan fingerprint density at radius 2 is 1.70 bits per heavy atom. The number of hydrogen-bond donors (Lipinski definition) is 2. The molecule has 9 heteroatoms. The predicted molar refractivity (Wildman–Crippen MR) is 179 cm³/mol. The Hall–Kier alpha value is -2.75. The molecular formula is C35H45N3O4S2. The maximum absolute atomic E-state index is 14.1. The molecule has 0 aliphatic heterocycles. The molecule has 0 spiro atoms. The van der Waals surface area contributed by atoms with Crippen molar-refractivity contribution in [3.05, 3.63) is 64.8 Å². The van der Waals surface area contributed by atoms with Crippen LogP contribution in [0.1, 0.15) is 99.1 Å². The molecule has 2 N–H and O–H groups in total. The van der Waals surface area contributed by atoms with Gasteiger partial charge in [0.25, 0.3) is 0 Å². The molecule has 1 aromatic heterocycles. The minimum Gasteiger partial charge on any atom is -0.393 e. The second-order valence-electron chi connectivity index (χ2n) is 13.1. The number of hydrogen-bond acceptors (Lipinski definition) is 6. The van der Waals surface area contributed by atoms with E-state index in [2.05, 4.69) is 51.0 Å². The number of amides is 1. The minimum atomic E-state index is -3.31. The molecule has 7 nitrogen and oxygen atoms in total. The molecule has 0 saturated heterocycles. The van der Waals surface area contributed by atoms with E-state index in [1.165, 1.54) is 23.4 Å². The van der Waals surface area contributed by atoms with E-state index in [1.807, 2.05) is 19.2 Å². The first-order valence-electron chi connectivity index (χ1n) is 16.4. The number of aryl methyl sites for hydroxylation is 1. The second-order valence-corrected chi connectivity index (χ2v) is 16.2. The van der Waals surface area contributed by atoms with Gasteiger partial charge in [0.2, 0.25) is 15.9 Å². The van der Waals surface area contributed by atoms with Crippen molar-refractivity contribution in [1.29, 1.82) is 0 Å². The molecule has 44 heavy (non-hydrogen) atoms. The molecular weight excluding hydrogens is 591 g/mol. The maximum atomic E-state index is 14.1. The van der Waals surface area contributed by atoms with Gasteiger partial charge in [-0.15, -0.1) is 11.3 Å². The molecule has 3 aliphatic carbocycles. The molecule has 0 radical (unpaired) electrons. The zero-order chi connectivity index (χ0) is 30.8. The summed E-state index contributed by atoms with van der Waals surface area (Å²) < 4.78 is 26.8. The Labute approximate surface area is 266 Å². The van der Waals surface area contributed by atoms with Crippen LogP contribution in [0, 0.1) is 18.8 Å². The molecule has 236 valence electrons. The quantitative estimate of drug-likeness (QED) is 0.239. The van der Waals surface area contributed by atoms with Gasteiger partial charge < -0.3 is 10.0 Å². The smallest absolute Gasteiger partial charge is 0.232 e. The summed E-state index contributed by atoms with van der Waals surface area (Å²) in [7, 11) is -3.31. The standard InChI is InChI=1S/C35H45N3O4S2/c1-3-44(41,42)37-32-18-15-28(19-23(32)2)25-9-7-24(8-10-25)22-38(35(40)27-13-16-31(39)17-14-27)30-6-4-5-29(20-30)33-21-36-34(43-33)26-11-12-26/h4-6,15,18-21,24-27,31,37,39H,3,7-14,16-17,22H2,1-2H3. The van der Waals surface area contributed by atoms with Crippen LogP contribution in [0.4, 0.5) is 11.4 Å². The van der Waals surface area contributed by atoms with Crippen molar-refractivity contribution in [1.82, 2.24) is 4.98 Å². The summed E-state index contributed by atoms with van der Waals surface area (Å²) in [5, 5.41) is 11.3. The van der Waals surface area contributed by atoms with Crippen LogP contribution in [0.5, 0.6) is 0 Å². The van der Waals surface area contributed by atoms with Crippen LogP contribution in [-0.2, 0) is 14.8 Å². The third-order valence-corrected chi connectivity index (χ3v) is 12.4. The first kappa shape index (κ1) is 31.2. The van der Waals surface area contributed by atoms with Crippen LogP contribution < -0.4 is 9.62 Å². The van der Waals surface area contributed by atoms with Crippen molar-refractivity contribution >= 4 is 38.6 Å². The Bertz CT molecular complexity index is 1570. The zero-order valence-electron chi connectivity index (χ0n) is 25.9. The predicted octanol–water partition coefficient (Wildman–Crippen LogP) is 7.62. The Morgan fingerprint density at radius 1 is 0.977 bits per heavy atom. The van der Waals surface area contributed by atoms with Crippen molar-refractivity contribution in [2.24, 2.45) is 11.8 Å². The number of thiazole rings is 1. The molecule has 3 aliphatic rings. The van der Waals surface area contributed by atoms with Crippen LogP contribution >= 0.6 is 11.3 Å². The number of aliphatic hydroxyl groups excluding tert-OH is 1. The molecule has 0 atom stereocenters. The van der Waals surface area contributed by atoms with Crippen LogP contribution in [-0.4, -0.2) is 42.8 Å². The fraction of sp³-hybridized carbons (Fsp3) is 0.543. The number of sulfonamides is 1. The Kier molecular flexibility index (Phi) is 9.45. The van der Waals surface area contributed by atoms with Gasteiger partial charge in [0.15, 0.2) is 0 Å². The van der Waals surface area contributed by atoms with E-state index in [9.17, 15) is 18.3 Å². The van der Waals surface area contributed by atoms with Gasteiger partial charge in [0, 0.05) is 30.3 Å². The van der Waals surface area contributed by atoms with Crippen molar-refractivity contribution in [2.45, 2.75) is 96.0 Å². The van der Waals surface area contributed by atoms with Gasteiger partial charge in [-0.3, -0.25) is 9.52 Å². The molecule has 3 fully saturated rings. The first-order valence-corrected chi connectivity index (χ1v) is 18.8. The molecule has 2 aromatic carbocycles. The van der Waals surface area contributed by atoms with Gasteiger partial charge in [-0.05, 0) is 125 Å². The zero-order valence-corrected chi connectivity index (χ0v) is 27.5. The highest BCUT2D eigenvalue weighted by atomic mass is 32.2. The number of aliphatic hydroxyl groups is 1. The van der Waals surface area contributed by atoms with Crippen LogP contribution in [0.25, 0.3) is 10.4 Å². The third kappa shape index (κ3) is 7.37. The van der Waals surface area contributed by atoms with Gasteiger partial charge in [-0.25, -0.2) is 13.4 Å². The van der Waals surface area contributed by atoms with Crippen molar-refractivity contribution < 1.29 is 18.3 Å². The summed E-state index contributed by atoms with van der Waals surface area (Å²) in [6, 6.07) is 14.5. The number of nitrogens with zero attached hydrogens (tertiary/aromatic N) is 2. The highest BCUT2D eigenvalue weighted by molar-refractivity contribution is 7.92. The van der Waals surface area contributed by atoms with E-state index in [0.29, 0.717) is 42.8 Å². The van der Waals surface area contributed by atoms with Gasteiger partial charge in [-0.2, -0.15) is 0 Å². The minimum absolute atomic E-state index is 0.0464. The summed E-state index contributed by atoms with van der Waals surface area (Å²) in [5.41, 5.74) is 4.94. The fourth-order valence-corrected chi connectivity index (χ4v) is 8.66. The fourth-order valence-electron chi connectivity index (χ4n) is 6.86. The number of carbonyl (C=O) groups is 1. The van der Waals surface area contributed by atoms with Crippen LogP contribution in [0.3, 0.4) is 0 Å². The van der Waals surface area contributed by atoms with Crippen LogP contribution in [0.2, 0.25) is 0 Å². The maximum Gasteiger partial charge on any atom is 0.232 e. The average Bonchev–Trinajstić information content (AvgIpc) is 3.77. The molecule has 0 bridgehead atoms. The number of aromatic nitrogens is 1. The lowest BCUT2D eigenvalue weighted by Gasteiger charge is -2.36. The van der Waals surface area contributed by atoms with E-state index < -0.39 is 10.0 Å². The molecule has 0 unspecified atom stereocenters. The third-order valence-electron chi connectivity index (χ3n) is 9.86. The van der Waals surface area contributed by atoms with E-state index in [0.717, 1.165) is 60.2 Å². The highest BCUT2D eigenvalue weighted by Gasteiger charge is 2.33. The van der Waals surface area contributed by atoms with E-state index in [1.54, 1.807) is 18.3 Å². The van der Waals surface area contributed by atoms with Crippen molar-refractivity contribution in [2.75, 3.05) is 21.9 Å². The van der Waals surface area contributed by atoms with Gasteiger partial charge in [0.05, 0.1) is 27.4 Å². The lowest BCUT2D eigenvalue weighted by atomic mass is 9.78. The molecule has 1 heterocycles. The number of nitrogens with one attached hydrogen (secondary N) is 1. The van der Waals surface area contributed by atoms with Crippen LogP contribution in [0.15, 0.2) is 48.7 Å². The summed E-state index contributed by atoms with van der Waals surface area (Å²) >= 11 is 1.78. The summed E-state index contributed by atoms with van der Waals surface area (Å²) in [5.74, 6) is 1.67. The van der Waals surface area contributed by atoms with Gasteiger partial charge in [-0.1, -0.05) is 24.3 Å². The Morgan fingerprint density at radius 3 is 2.39 bits per heavy atom. The SMILES string of the molecule is CCS(=O)(=O)Nc1ccc(C2CCC(CN(C(=O)C3CCC(O)CC3)c3cccc(-c4cnc(C5CC5)s4)c3)CC2)cc1C. The van der Waals surface area contributed by atoms with E-state index in [-0.39, 0.29) is 23.7 Å². The lowest BCUT2D eigenvalue weighted by Crippen LogP contribution is -2.41. The number of rotatable bonds is 10. The highest BCUT2D eigenvalue weighted by Crippen LogP contribution is 2.44. The summed E-state index contributed by atoms with van der Waals surface area (Å²) in [4.78, 5) is 22.0. The summed E-state index contributed by atoms with van der Waals surface area (Å²) in [6.45, 7) is 4.31. The monoisotopic (exact) mass is 635 g/mol. The Balaban J connectivity index is 1.16. The second kappa shape index (κ2) is 13.3. The number of anilines is 2.